The van der Waals surface area contributed by atoms with E-state index in [1.165, 1.54) is 0 Å². The van der Waals surface area contributed by atoms with E-state index in [0.29, 0.717) is 17.1 Å². The molecule has 1 aromatic rings. The number of hydrogen-bond donors (Lipinski definition) is 2. The molecule has 1 fully saturated rings. The van der Waals surface area contributed by atoms with Gasteiger partial charge in [-0.3, -0.25) is 0 Å². The summed E-state index contributed by atoms with van der Waals surface area (Å²) < 4.78 is 10.6. The summed E-state index contributed by atoms with van der Waals surface area (Å²) in [4.78, 5) is 0.318. The van der Waals surface area contributed by atoms with E-state index in [4.69, 9.17) is 21.4 Å². The van der Waals surface area contributed by atoms with Crippen LogP contribution in [0.3, 0.4) is 0 Å². The fourth-order valence-corrected chi connectivity index (χ4v) is 1.44. The lowest BCUT2D eigenvalue weighted by atomic mass is 10.2. The molecule has 0 aromatic carbocycles. The zero-order valence-corrected chi connectivity index (χ0v) is 7.89. The van der Waals surface area contributed by atoms with Gasteiger partial charge in [0.2, 0.25) is 5.89 Å². The Balaban J connectivity index is 1.93. The number of H-pyrrole nitrogens is 1. The Morgan fingerprint density at radius 1 is 1.62 bits per heavy atom. The Kier molecular flexibility index (Phi) is 2.72. The van der Waals surface area contributed by atoms with Gasteiger partial charge in [-0.1, -0.05) is 0 Å². The first-order valence-electron chi connectivity index (χ1n) is 4.21. The maximum absolute atomic E-state index is 5.48. The Morgan fingerprint density at radius 2 is 2.54 bits per heavy atom. The van der Waals surface area contributed by atoms with Gasteiger partial charge in [0.05, 0.1) is 19.1 Å². The summed E-state index contributed by atoms with van der Waals surface area (Å²) in [5, 5.41) is 9.72. The first-order valence-corrected chi connectivity index (χ1v) is 4.62. The third-order valence-electron chi connectivity index (χ3n) is 1.89. The molecule has 1 atom stereocenters. The molecular formula is C7H11N3O2S. The minimum absolute atomic E-state index is 0.148. The third kappa shape index (κ3) is 2.36. The highest BCUT2D eigenvalue weighted by molar-refractivity contribution is 7.71. The van der Waals surface area contributed by atoms with Crippen molar-refractivity contribution >= 4 is 12.2 Å². The molecule has 1 aliphatic heterocycles. The minimum Gasteiger partial charge on any atom is -0.414 e. The summed E-state index contributed by atoms with van der Waals surface area (Å²) in [6.45, 7) is 2.51. The molecule has 2 rings (SSSR count). The van der Waals surface area contributed by atoms with Crippen LogP contribution in [0.25, 0.3) is 0 Å². The molecule has 2 N–H and O–H groups in total. The van der Waals surface area contributed by atoms with Crippen LogP contribution in [-0.4, -0.2) is 36.0 Å². The molecule has 6 heteroatoms. The molecule has 1 aliphatic rings. The van der Waals surface area contributed by atoms with Crippen LogP contribution in [0.15, 0.2) is 4.42 Å². The zero-order valence-electron chi connectivity index (χ0n) is 7.08. The second-order valence-electron chi connectivity index (χ2n) is 2.91. The lowest BCUT2D eigenvalue weighted by Gasteiger charge is -2.21. The Labute approximate surface area is 80.5 Å². The van der Waals surface area contributed by atoms with Gasteiger partial charge in [0.15, 0.2) is 0 Å². The van der Waals surface area contributed by atoms with Crippen LogP contribution in [0.2, 0.25) is 0 Å². The van der Waals surface area contributed by atoms with E-state index in [2.05, 4.69) is 15.5 Å². The molecule has 5 nitrogen and oxygen atoms in total. The van der Waals surface area contributed by atoms with E-state index in [1.54, 1.807) is 0 Å². The monoisotopic (exact) mass is 201 g/mol. The van der Waals surface area contributed by atoms with Crippen molar-refractivity contribution in [1.82, 2.24) is 15.5 Å². The summed E-state index contributed by atoms with van der Waals surface area (Å²) in [5.74, 6) is 0.610. The van der Waals surface area contributed by atoms with Crippen LogP contribution in [-0.2, 0) is 11.2 Å². The normalized spacial score (nSPS) is 23.2. The average Bonchev–Trinajstić information content (AvgIpc) is 2.53. The van der Waals surface area contributed by atoms with Gasteiger partial charge in [0, 0.05) is 13.1 Å². The first kappa shape index (κ1) is 8.86. The average molecular weight is 201 g/mol. The number of nitrogens with zero attached hydrogens (tertiary/aromatic N) is 1. The zero-order chi connectivity index (χ0) is 9.10. The van der Waals surface area contributed by atoms with E-state index >= 15 is 0 Å². The van der Waals surface area contributed by atoms with Crippen molar-refractivity contribution in [3.8, 4) is 0 Å². The summed E-state index contributed by atoms with van der Waals surface area (Å²) in [6.07, 6.45) is 0.815. The molecule has 1 aromatic heterocycles. The van der Waals surface area contributed by atoms with Gasteiger partial charge in [0.1, 0.15) is 0 Å². The van der Waals surface area contributed by atoms with Crippen molar-refractivity contribution in [1.29, 1.82) is 0 Å². The summed E-state index contributed by atoms with van der Waals surface area (Å²) in [7, 11) is 0. The number of ether oxygens (including phenoxy) is 1. The predicted octanol–water partition coefficient (Wildman–Crippen LogP) is 0.263. The molecule has 72 valence electrons. The largest absolute Gasteiger partial charge is 0.414 e. The van der Waals surface area contributed by atoms with Gasteiger partial charge >= 0.3 is 0 Å². The molecule has 1 unspecified atom stereocenters. The standard InChI is InChI=1S/C7H11N3O2S/c13-7-10-9-6(12-7)3-5-4-8-1-2-11-5/h5,8H,1-4H2,(H,10,13). The predicted molar refractivity (Wildman–Crippen MR) is 48.0 cm³/mol. The number of morpholine rings is 1. The van der Waals surface area contributed by atoms with E-state index in [9.17, 15) is 0 Å². The van der Waals surface area contributed by atoms with E-state index in [-0.39, 0.29) is 6.10 Å². The maximum Gasteiger partial charge on any atom is 0.284 e. The number of rotatable bonds is 2. The third-order valence-corrected chi connectivity index (χ3v) is 2.06. The molecule has 13 heavy (non-hydrogen) atoms. The molecule has 0 radical (unpaired) electrons. The Morgan fingerprint density at radius 3 is 3.15 bits per heavy atom. The van der Waals surface area contributed by atoms with Crippen LogP contribution in [0.5, 0.6) is 0 Å². The first-order chi connectivity index (χ1) is 6.34. The van der Waals surface area contributed by atoms with Crippen molar-refractivity contribution in [3.63, 3.8) is 0 Å². The molecule has 0 spiro atoms. The molecule has 2 heterocycles. The van der Waals surface area contributed by atoms with Crippen LogP contribution >= 0.6 is 12.2 Å². The van der Waals surface area contributed by atoms with Crippen LogP contribution in [0.4, 0.5) is 0 Å². The second kappa shape index (κ2) is 3.99. The highest BCUT2D eigenvalue weighted by atomic mass is 32.1. The SMILES string of the molecule is S=c1[nH]nc(CC2CNCCO2)o1. The van der Waals surface area contributed by atoms with Crippen LogP contribution < -0.4 is 5.32 Å². The van der Waals surface area contributed by atoms with Crippen LogP contribution in [0.1, 0.15) is 5.89 Å². The highest BCUT2D eigenvalue weighted by Gasteiger charge is 2.16. The van der Waals surface area contributed by atoms with Gasteiger partial charge in [-0.25, -0.2) is 5.10 Å². The lowest BCUT2D eigenvalue weighted by molar-refractivity contribution is 0.0254. The molecule has 0 aliphatic carbocycles. The summed E-state index contributed by atoms with van der Waals surface area (Å²) in [6, 6.07) is 0. The molecule has 1 saturated heterocycles. The summed E-state index contributed by atoms with van der Waals surface area (Å²) in [5.41, 5.74) is 0. The van der Waals surface area contributed by atoms with Gasteiger partial charge in [-0.2, -0.15) is 0 Å². The summed E-state index contributed by atoms with van der Waals surface area (Å²) >= 11 is 4.76. The Bertz CT molecular complexity index is 316. The molecular weight excluding hydrogens is 190 g/mol. The van der Waals surface area contributed by atoms with Crippen LogP contribution in [0, 0.1) is 4.84 Å². The van der Waals surface area contributed by atoms with Crippen molar-refractivity contribution in [2.24, 2.45) is 0 Å². The second-order valence-corrected chi connectivity index (χ2v) is 3.28. The minimum atomic E-state index is 0.148. The van der Waals surface area contributed by atoms with Gasteiger partial charge in [0.25, 0.3) is 4.84 Å². The quantitative estimate of drug-likeness (QED) is 0.672. The van der Waals surface area contributed by atoms with Gasteiger partial charge in [-0.05, 0) is 12.2 Å². The fraction of sp³-hybridized carbons (Fsp3) is 0.714. The smallest absolute Gasteiger partial charge is 0.284 e. The lowest BCUT2D eigenvalue weighted by Crippen LogP contribution is -2.39. The van der Waals surface area contributed by atoms with Crippen molar-refractivity contribution in [3.05, 3.63) is 10.7 Å². The maximum atomic E-state index is 5.48. The van der Waals surface area contributed by atoms with Gasteiger partial charge < -0.3 is 14.5 Å². The van der Waals surface area contributed by atoms with Crippen molar-refractivity contribution < 1.29 is 9.15 Å². The number of aromatic amines is 1. The highest BCUT2D eigenvalue weighted by Crippen LogP contribution is 2.04. The Hall–Kier alpha value is -0.720. The molecule has 0 bridgehead atoms. The van der Waals surface area contributed by atoms with Crippen molar-refractivity contribution in [2.75, 3.05) is 19.7 Å². The topological polar surface area (TPSA) is 63.1 Å². The van der Waals surface area contributed by atoms with E-state index in [1.807, 2.05) is 0 Å². The number of aromatic nitrogens is 2. The number of nitrogens with one attached hydrogen (secondary N) is 2. The molecule has 0 amide bonds. The van der Waals surface area contributed by atoms with Gasteiger partial charge in [-0.15, -0.1) is 5.10 Å². The van der Waals surface area contributed by atoms with Crippen molar-refractivity contribution in [2.45, 2.75) is 12.5 Å². The van der Waals surface area contributed by atoms with E-state index in [0.717, 1.165) is 19.7 Å². The van der Waals surface area contributed by atoms with E-state index < -0.39 is 0 Å². The molecule has 0 saturated carbocycles. The number of hydrogen-bond acceptors (Lipinski definition) is 5. The fourth-order valence-electron chi connectivity index (χ4n) is 1.29.